The van der Waals surface area contributed by atoms with E-state index in [0.717, 1.165) is 101 Å². The molecule has 0 atom stereocenters. The summed E-state index contributed by atoms with van der Waals surface area (Å²) >= 11 is 3.75. The lowest BCUT2D eigenvalue weighted by molar-refractivity contribution is 1.24. The Labute approximate surface area is 533 Å². The summed E-state index contributed by atoms with van der Waals surface area (Å²) in [6.45, 7) is 4.55. The third-order valence-electron chi connectivity index (χ3n) is 17.7. The lowest BCUT2D eigenvalue weighted by atomic mass is 9.92. The molecule has 0 aliphatic heterocycles. The molecule has 16 aromatic rings. The molecule has 14 aromatic carbocycles. The van der Waals surface area contributed by atoms with Crippen molar-refractivity contribution in [2.45, 2.75) is 13.8 Å². The Hall–Kier alpha value is -10.9. The summed E-state index contributed by atoms with van der Waals surface area (Å²) in [5, 5.41) is 5.21. The molecule has 0 saturated heterocycles. The normalized spacial score (nSPS) is 11.4. The highest BCUT2D eigenvalue weighted by Crippen LogP contribution is 2.52. The number of aryl methyl sites for hydroxylation is 2. The fourth-order valence-electron chi connectivity index (χ4n) is 13.4. The number of anilines is 6. The Morgan fingerprint density at radius 2 is 0.500 bits per heavy atom. The predicted molar refractivity (Wildman–Crippen MR) is 389 cm³/mol. The molecule has 0 bridgehead atoms. The zero-order valence-electron chi connectivity index (χ0n) is 49.9. The summed E-state index contributed by atoms with van der Waals surface area (Å²) in [7, 11) is 0. The first kappa shape index (κ1) is 54.5. The fourth-order valence-corrected chi connectivity index (χ4v) is 15.9. The first-order chi connectivity index (χ1) is 44.5. The molecule has 0 unspecified atom stereocenters. The zero-order chi connectivity index (χ0) is 60.1. The topological polar surface area (TPSA) is 6.48 Å². The number of fused-ring (bicyclic) bond motifs is 6. The van der Waals surface area contributed by atoms with Crippen molar-refractivity contribution in [3.05, 3.63) is 339 Å². The Morgan fingerprint density at radius 1 is 0.222 bits per heavy atom. The highest BCUT2D eigenvalue weighted by Gasteiger charge is 2.27. The maximum Gasteiger partial charge on any atom is 0.0618 e. The number of benzene rings is 14. The van der Waals surface area contributed by atoms with E-state index in [2.05, 4.69) is 351 Å². The third-order valence-corrected chi connectivity index (χ3v) is 20.2. The van der Waals surface area contributed by atoms with Crippen LogP contribution in [0.3, 0.4) is 0 Å². The number of thiophene rings is 2. The molecular weight excluding hydrogens is 1130 g/mol. The Bertz CT molecular complexity index is 4850. The van der Waals surface area contributed by atoms with Crippen LogP contribution in [0.4, 0.5) is 34.1 Å². The minimum absolute atomic E-state index is 1.08. The maximum absolute atomic E-state index is 2.50. The van der Waals surface area contributed by atoms with Gasteiger partial charge in [0.1, 0.15) is 0 Å². The Morgan fingerprint density at radius 3 is 0.844 bits per heavy atom. The van der Waals surface area contributed by atoms with Crippen molar-refractivity contribution in [2.75, 3.05) is 9.80 Å². The van der Waals surface area contributed by atoms with Gasteiger partial charge in [0.15, 0.2) is 0 Å². The van der Waals surface area contributed by atoms with Crippen molar-refractivity contribution in [1.82, 2.24) is 0 Å². The summed E-state index contributed by atoms with van der Waals surface area (Å²) in [6.07, 6.45) is 0. The van der Waals surface area contributed by atoms with Gasteiger partial charge in [0.2, 0.25) is 0 Å². The van der Waals surface area contributed by atoms with Crippen molar-refractivity contribution < 1.29 is 0 Å². The molecule has 4 heteroatoms. The molecule has 0 aliphatic rings. The van der Waals surface area contributed by atoms with Gasteiger partial charge in [-0.25, -0.2) is 0 Å². The lowest BCUT2D eigenvalue weighted by Gasteiger charge is -2.32. The van der Waals surface area contributed by atoms with Crippen LogP contribution in [0, 0.1) is 13.8 Å². The molecule has 2 aromatic heterocycles. The van der Waals surface area contributed by atoms with E-state index in [-0.39, 0.29) is 0 Å². The van der Waals surface area contributed by atoms with E-state index in [4.69, 9.17) is 0 Å². The number of nitrogens with zero attached hydrogens (tertiary/aromatic N) is 2. The SMILES string of the molecule is Cc1cc(-c2ccc(N(c3ccc(-c4cccc5c4sc4ccccc45)cc3)c3c(-c4ccccc4)cccc3-c3ccccc3)c(C)c2)ccc1N(c1ccc(-c2cccc3c2sc2ccccc23)cc1)c1c(-c2ccccc2)cccc1-c1ccccc1. The number of rotatable bonds is 13. The summed E-state index contributed by atoms with van der Waals surface area (Å²) in [5.41, 5.74) is 25.4. The quantitative estimate of drug-likeness (QED) is 0.114. The maximum atomic E-state index is 2.50. The molecule has 16 rings (SSSR count). The van der Waals surface area contributed by atoms with Crippen LogP contribution < -0.4 is 9.80 Å². The summed E-state index contributed by atoms with van der Waals surface area (Å²) in [5.74, 6) is 0. The lowest BCUT2D eigenvalue weighted by Crippen LogP contribution is -2.14. The van der Waals surface area contributed by atoms with Crippen LogP contribution in [0.5, 0.6) is 0 Å². The Balaban J connectivity index is 0.835. The molecule has 2 heterocycles. The van der Waals surface area contributed by atoms with Crippen molar-refractivity contribution in [1.29, 1.82) is 0 Å². The van der Waals surface area contributed by atoms with Crippen LogP contribution in [-0.4, -0.2) is 0 Å². The molecule has 0 aliphatic carbocycles. The summed E-state index contributed by atoms with van der Waals surface area (Å²) in [6, 6.07) is 121. The summed E-state index contributed by atoms with van der Waals surface area (Å²) in [4.78, 5) is 5.00. The molecule has 0 amide bonds. The first-order valence-corrected chi connectivity index (χ1v) is 32.4. The van der Waals surface area contributed by atoms with Crippen molar-refractivity contribution in [3.63, 3.8) is 0 Å². The molecule has 90 heavy (non-hydrogen) atoms. The number of hydrogen-bond donors (Lipinski definition) is 0. The second-order valence-electron chi connectivity index (χ2n) is 23.2. The summed E-state index contributed by atoms with van der Waals surface area (Å²) < 4.78 is 5.24. The standard InChI is InChI=1S/C86H60N2S2/c1-57-55-65(47-53-79(57)87(83-69(59-23-7-3-8-24-59)33-19-34-70(83)60-25-9-4-10-26-60)67-49-43-63(44-50-67)73-37-21-39-77-75-31-15-17-41-81(75)89-85(73)77)66-48-54-80(58(2)56-66)88(84-71(61-27-11-5-12-28-61)35-20-36-72(84)62-29-13-6-14-30-62)68-51-45-64(46-52-68)74-38-22-40-78-76-32-16-18-42-82(76)90-86(74)78/h3-56H,1-2H3. The van der Waals surface area contributed by atoms with Crippen LogP contribution in [-0.2, 0) is 0 Å². The van der Waals surface area contributed by atoms with E-state index in [1.807, 2.05) is 22.7 Å². The van der Waals surface area contributed by atoms with Gasteiger partial charge in [-0.15, -0.1) is 22.7 Å². The van der Waals surface area contributed by atoms with Crippen LogP contribution in [0.25, 0.3) is 118 Å². The molecule has 0 saturated carbocycles. The van der Waals surface area contributed by atoms with Gasteiger partial charge in [-0.2, -0.15) is 0 Å². The highest BCUT2D eigenvalue weighted by atomic mass is 32.1. The van der Waals surface area contributed by atoms with Crippen LogP contribution in [0.2, 0.25) is 0 Å². The second-order valence-corrected chi connectivity index (χ2v) is 25.3. The van der Waals surface area contributed by atoms with Gasteiger partial charge in [0.25, 0.3) is 0 Å². The number of para-hydroxylation sites is 2. The smallest absolute Gasteiger partial charge is 0.0618 e. The second kappa shape index (κ2) is 23.3. The molecule has 0 fully saturated rings. The van der Waals surface area contributed by atoms with Gasteiger partial charge in [-0.05, 0) is 141 Å². The monoisotopic (exact) mass is 1180 g/mol. The zero-order valence-corrected chi connectivity index (χ0v) is 51.5. The van der Waals surface area contributed by atoms with Gasteiger partial charge < -0.3 is 9.80 Å². The van der Waals surface area contributed by atoms with E-state index in [0.29, 0.717) is 0 Å². The molecule has 0 N–H and O–H groups in total. The molecule has 426 valence electrons. The fraction of sp³-hybridized carbons (Fsp3) is 0.0233. The van der Waals surface area contributed by atoms with Crippen molar-refractivity contribution in [2.24, 2.45) is 0 Å². The molecule has 0 spiro atoms. The van der Waals surface area contributed by atoms with Crippen LogP contribution in [0.1, 0.15) is 11.1 Å². The number of hydrogen-bond acceptors (Lipinski definition) is 4. The van der Waals surface area contributed by atoms with Crippen LogP contribution >= 0.6 is 22.7 Å². The van der Waals surface area contributed by atoms with Gasteiger partial charge in [0.05, 0.1) is 11.4 Å². The average Bonchev–Trinajstić information content (AvgIpc) is 0.869. The molecular formula is C86H60N2S2. The van der Waals surface area contributed by atoms with Gasteiger partial charge in [-0.3, -0.25) is 0 Å². The van der Waals surface area contributed by atoms with E-state index in [1.165, 1.54) is 62.6 Å². The third kappa shape index (κ3) is 9.84. The minimum atomic E-state index is 1.08. The molecule has 0 radical (unpaired) electrons. The predicted octanol–water partition coefficient (Wildman–Crippen LogP) is 25.6. The van der Waals surface area contributed by atoms with Gasteiger partial charge >= 0.3 is 0 Å². The minimum Gasteiger partial charge on any atom is -0.309 e. The van der Waals surface area contributed by atoms with Gasteiger partial charge in [-0.1, -0.05) is 267 Å². The first-order valence-electron chi connectivity index (χ1n) is 30.8. The van der Waals surface area contributed by atoms with Crippen LogP contribution in [0.15, 0.2) is 328 Å². The van der Waals surface area contributed by atoms with E-state index >= 15 is 0 Å². The van der Waals surface area contributed by atoms with Crippen molar-refractivity contribution >= 4 is 97.1 Å². The largest absolute Gasteiger partial charge is 0.309 e. The van der Waals surface area contributed by atoms with Crippen molar-refractivity contribution in [3.8, 4) is 77.9 Å². The molecule has 2 nitrogen and oxygen atoms in total. The van der Waals surface area contributed by atoms with E-state index < -0.39 is 0 Å². The van der Waals surface area contributed by atoms with Gasteiger partial charge in [0, 0.05) is 85.3 Å². The van der Waals surface area contributed by atoms with E-state index in [9.17, 15) is 0 Å². The Kier molecular flexibility index (Phi) is 14.1. The van der Waals surface area contributed by atoms with E-state index in [1.54, 1.807) is 0 Å². The average molecular weight is 1190 g/mol. The highest BCUT2D eigenvalue weighted by molar-refractivity contribution is 7.26.